The van der Waals surface area contributed by atoms with Crippen molar-refractivity contribution < 1.29 is 28.8 Å². The number of hydrogen-bond acceptors (Lipinski definition) is 5. The van der Waals surface area contributed by atoms with Crippen LogP contribution in [0.25, 0.3) is 11.0 Å². The highest BCUT2D eigenvalue weighted by Gasteiger charge is 2.24. The fourth-order valence-electron chi connectivity index (χ4n) is 3.86. The van der Waals surface area contributed by atoms with E-state index in [9.17, 15) is 9.90 Å². The van der Waals surface area contributed by atoms with E-state index in [4.69, 9.17) is 13.9 Å². The van der Waals surface area contributed by atoms with Crippen LogP contribution in [0.5, 0.6) is 23.0 Å². The molecule has 1 saturated heterocycles. The van der Waals surface area contributed by atoms with E-state index in [1.165, 1.54) is 16.1 Å². The molecule has 0 aliphatic carbocycles. The lowest BCUT2D eigenvalue weighted by Gasteiger charge is -2.27. The van der Waals surface area contributed by atoms with Crippen LogP contribution in [-0.2, 0) is 6.54 Å². The smallest absolute Gasteiger partial charge is 0.235 e. The summed E-state index contributed by atoms with van der Waals surface area (Å²) in [6, 6.07) is 10.3. The minimum atomic E-state index is -0.276. The molecule has 3 aromatic rings. The third kappa shape index (κ3) is 4.13. The number of nitrogens with one attached hydrogen (secondary N) is 2. The van der Waals surface area contributed by atoms with Gasteiger partial charge in [0.2, 0.25) is 11.2 Å². The van der Waals surface area contributed by atoms with Gasteiger partial charge in [-0.25, -0.2) is 0 Å². The normalized spacial score (nSPS) is 19.0. The molecule has 158 valence electrons. The van der Waals surface area contributed by atoms with Gasteiger partial charge < -0.3 is 28.8 Å². The summed E-state index contributed by atoms with van der Waals surface area (Å²) >= 11 is 0. The Morgan fingerprint density at radius 1 is 1.03 bits per heavy atom. The fourth-order valence-corrected chi connectivity index (χ4v) is 3.86. The monoisotopic (exact) mass is 412 g/mol. The van der Waals surface area contributed by atoms with Crippen molar-refractivity contribution >= 4 is 11.0 Å². The minimum Gasteiger partial charge on any atom is -0.507 e. The number of aromatic hydroxyl groups is 1. The van der Waals surface area contributed by atoms with E-state index in [0.717, 1.165) is 26.2 Å². The van der Waals surface area contributed by atoms with E-state index in [-0.39, 0.29) is 16.9 Å². The first-order valence-electron chi connectivity index (χ1n) is 10.4. The highest BCUT2D eigenvalue weighted by molar-refractivity contribution is 5.82. The predicted octanol–water partition coefficient (Wildman–Crippen LogP) is 0.603. The molecule has 30 heavy (non-hydrogen) atoms. The largest absolute Gasteiger partial charge is 0.507 e. The van der Waals surface area contributed by atoms with Crippen molar-refractivity contribution in [1.29, 1.82) is 0 Å². The SMILES string of the molecule is CCOc1ccccc1Oc1coc2c(C[NH+]3CC[NH+](C)CC3)c(O)ccc2c1=O. The van der Waals surface area contributed by atoms with Gasteiger partial charge >= 0.3 is 0 Å². The summed E-state index contributed by atoms with van der Waals surface area (Å²) in [5.74, 6) is 1.25. The third-order valence-corrected chi connectivity index (χ3v) is 5.59. The number of rotatable bonds is 6. The van der Waals surface area contributed by atoms with Crippen LogP contribution in [0.1, 0.15) is 12.5 Å². The molecule has 3 N–H and O–H groups in total. The lowest BCUT2D eigenvalue weighted by atomic mass is 10.1. The van der Waals surface area contributed by atoms with Gasteiger partial charge in [-0.05, 0) is 31.2 Å². The molecule has 1 aromatic heterocycles. The van der Waals surface area contributed by atoms with Gasteiger partial charge in [-0.2, -0.15) is 0 Å². The van der Waals surface area contributed by atoms with E-state index < -0.39 is 0 Å². The zero-order valence-corrected chi connectivity index (χ0v) is 17.4. The summed E-state index contributed by atoms with van der Waals surface area (Å²) < 4.78 is 17.2. The van der Waals surface area contributed by atoms with E-state index in [1.807, 2.05) is 19.1 Å². The predicted molar refractivity (Wildman–Crippen MR) is 113 cm³/mol. The topological polar surface area (TPSA) is 77.8 Å². The van der Waals surface area contributed by atoms with Gasteiger partial charge in [-0.3, -0.25) is 4.79 Å². The van der Waals surface area contributed by atoms with E-state index in [0.29, 0.717) is 41.2 Å². The van der Waals surface area contributed by atoms with Gasteiger partial charge in [0.1, 0.15) is 44.7 Å². The molecule has 0 radical (unpaired) electrons. The number of quaternary nitrogens is 2. The second-order valence-electron chi connectivity index (χ2n) is 7.73. The van der Waals surface area contributed by atoms with Crippen molar-refractivity contribution in [3.63, 3.8) is 0 Å². The molecule has 0 atom stereocenters. The molecule has 2 aromatic carbocycles. The van der Waals surface area contributed by atoms with E-state index in [1.54, 1.807) is 24.3 Å². The average molecular weight is 412 g/mol. The quantitative estimate of drug-likeness (QED) is 0.553. The second kappa shape index (κ2) is 8.77. The molecule has 0 spiro atoms. The molecule has 2 heterocycles. The summed E-state index contributed by atoms with van der Waals surface area (Å²) in [4.78, 5) is 16.0. The highest BCUT2D eigenvalue weighted by Crippen LogP contribution is 2.32. The number of phenols is 1. The highest BCUT2D eigenvalue weighted by atomic mass is 16.5. The van der Waals surface area contributed by atoms with Gasteiger partial charge in [-0.15, -0.1) is 0 Å². The van der Waals surface area contributed by atoms with Crippen LogP contribution in [0.4, 0.5) is 0 Å². The van der Waals surface area contributed by atoms with E-state index in [2.05, 4.69) is 7.05 Å². The standard InChI is InChI=1S/C23H26N2O5/c1-3-28-19-6-4-5-7-20(19)30-21-15-29-23-16(22(21)27)8-9-18(26)17(23)14-25-12-10-24(2)11-13-25/h4-9,15,26H,3,10-14H2,1-2H3/p+2. The van der Waals surface area contributed by atoms with Gasteiger partial charge in [0.05, 0.1) is 24.6 Å². The molecule has 0 saturated carbocycles. The summed E-state index contributed by atoms with van der Waals surface area (Å²) in [6.07, 6.45) is 1.32. The van der Waals surface area contributed by atoms with Crippen LogP contribution in [0, 0.1) is 0 Å². The van der Waals surface area contributed by atoms with Crippen molar-refractivity contribution in [3.05, 3.63) is 58.4 Å². The number of hydrogen-bond donors (Lipinski definition) is 3. The summed E-state index contributed by atoms with van der Waals surface area (Å²) in [5.41, 5.74) is 0.811. The van der Waals surface area contributed by atoms with Gasteiger partial charge in [-0.1, -0.05) is 12.1 Å². The molecule has 0 bridgehead atoms. The first kappa shape index (κ1) is 20.3. The number of likely N-dealkylation sites (N-methyl/N-ethyl adjacent to an activating group) is 1. The number of fused-ring (bicyclic) bond motifs is 1. The Morgan fingerprint density at radius 2 is 1.77 bits per heavy atom. The average Bonchev–Trinajstić information content (AvgIpc) is 2.75. The Bertz CT molecular complexity index is 1090. The van der Waals surface area contributed by atoms with Crippen LogP contribution >= 0.6 is 0 Å². The Kier molecular flexibility index (Phi) is 5.92. The van der Waals surface area contributed by atoms with Gasteiger partial charge in [0.25, 0.3) is 0 Å². The van der Waals surface area contributed by atoms with Crippen LogP contribution in [-0.4, -0.2) is 44.9 Å². The maximum absolute atomic E-state index is 13.1. The Balaban J connectivity index is 1.67. The number of benzene rings is 2. The fraction of sp³-hybridized carbons (Fsp3) is 0.348. The van der Waals surface area contributed by atoms with Crippen molar-refractivity contribution in [3.8, 4) is 23.0 Å². The number of phenolic OH excluding ortho intramolecular Hbond substituents is 1. The third-order valence-electron chi connectivity index (χ3n) is 5.59. The van der Waals surface area contributed by atoms with Gasteiger partial charge in [0, 0.05) is 0 Å². The number of piperazine rings is 1. The van der Waals surface area contributed by atoms with Crippen molar-refractivity contribution in [2.24, 2.45) is 0 Å². The Hall–Kier alpha value is -3.03. The van der Waals surface area contributed by atoms with Crippen molar-refractivity contribution in [1.82, 2.24) is 0 Å². The van der Waals surface area contributed by atoms with Crippen LogP contribution in [0.2, 0.25) is 0 Å². The summed E-state index contributed by atoms with van der Waals surface area (Å²) in [7, 11) is 2.19. The zero-order valence-electron chi connectivity index (χ0n) is 17.4. The van der Waals surface area contributed by atoms with Crippen LogP contribution < -0.4 is 24.7 Å². The number of ether oxygens (including phenoxy) is 2. The van der Waals surface area contributed by atoms with Gasteiger partial charge in [0.15, 0.2) is 17.1 Å². The zero-order chi connectivity index (χ0) is 21.1. The lowest BCUT2D eigenvalue weighted by molar-refractivity contribution is -1.01. The maximum atomic E-state index is 13.1. The second-order valence-corrected chi connectivity index (χ2v) is 7.73. The summed E-state index contributed by atoms with van der Waals surface area (Å²) in [5, 5.41) is 10.9. The summed E-state index contributed by atoms with van der Waals surface area (Å²) in [6.45, 7) is 7.20. The molecule has 7 nitrogen and oxygen atoms in total. The Morgan fingerprint density at radius 3 is 2.50 bits per heavy atom. The van der Waals surface area contributed by atoms with Crippen LogP contribution in [0.3, 0.4) is 0 Å². The van der Waals surface area contributed by atoms with Crippen molar-refractivity contribution in [2.75, 3.05) is 39.8 Å². The van der Waals surface area contributed by atoms with Crippen molar-refractivity contribution in [2.45, 2.75) is 13.5 Å². The molecule has 0 amide bonds. The minimum absolute atomic E-state index is 0.0850. The molecule has 1 fully saturated rings. The number of para-hydroxylation sites is 2. The first-order chi connectivity index (χ1) is 14.6. The first-order valence-corrected chi connectivity index (χ1v) is 10.4. The van der Waals surface area contributed by atoms with E-state index >= 15 is 0 Å². The molecular formula is C23H28N2O5+2. The maximum Gasteiger partial charge on any atom is 0.235 e. The molecule has 7 heteroatoms. The molecule has 1 aliphatic heterocycles. The molecule has 4 rings (SSSR count). The molecular weight excluding hydrogens is 384 g/mol. The lowest BCUT2D eigenvalue weighted by Crippen LogP contribution is -3.26. The van der Waals surface area contributed by atoms with Crippen LogP contribution in [0.15, 0.2) is 51.9 Å². The molecule has 1 aliphatic rings. The Labute approximate surface area is 175 Å². The molecule has 0 unspecified atom stereocenters.